The Morgan fingerprint density at radius 3 is 2.69 bits per heavy atom. The molecule has 0 bridgehead atoms. The lowest BCUT2D eigenvalue weighted by molar-refractivity contribution is -0.119. The van der Waals surface area contributed by atoms with Crippen LogP contribution >= 0.6 is 0 Å². The van der Waals surface area contributed by atoms with Crippen molar-refractivity contribution in [3.05, 3.63) is 42.6 Å². The number of methoxy groups -OCH3 is 1. The fourth-order valence-electron chi connectivity index (χ4n) is 4.01. The first-order chi connectivity index (χ1) is 15.5. The largest absolute Gasteiger partial charge is 0.493 e. The van der Waals surface area contributed by atoms with Crippen molar-refractivity contribution in [1.82, 2.24) is 15.3 Å². The predicted molar refractivity (Wildman–Crippen MR) is 123 cm³/mol. The summed E-state index contributed by atoms with van der Waals surface area (Å²) >= 11 is 0. The highest BCUT2D eigenvalue weighted by Crippen LogP contribution is 2.35. The first-order valence-corrected chi connectivity index (χ1v) is 11.0. The maximum absolute atomic E-state index is 11.7. The number of nitrogens with one attached hydrogen (secondary N) is 1. The molecule has 0 aliphatic carbocycles. The summed E-state index contributed by atoms with van der Waals surface area (Å²) in [7, 11) is 1.62. The molecule has 1 aromatic carbocycles. The molecule has 1 aliphatic rings. The number of hydrogen-bond donors (Lipinski definition) is 1. The fourth-order valence-corrected chi connectivity index (χ4v) is 4.01. The fraction of sp³-hybridized carbons (Fsp3) is 0.400. The summed E-state index contributed by atoms with van der Waals surface area (Å²) in [5, 5.41) is 3.74. The number of pyridine rings is 2. The zero-order chi connectivity index (χ0) is 22.7. The van der Waals surface area contributed by atoms with Gasteiger partial charge < -0.3 is 19.5 Å². The molecule has 7 nitrogen and oxygen atoms in total. The molecular weight excluding hydrogens is 406 g/mol. The summed E-state index contributed by atoms with van der Waals surface area (Å²) < 4.78 is 17.8. The number of benzene rings is 1. The number of aromatic nitrogens is 2. The van der Waals surface area contributed by atoms with Crippen LogP contribution in [0.5, 0.6) is 17.4 Å². The van der Waals surface area contributed by atoms with Gasteiger partial charge in [-0.05, 0) is 56.7 Å². The van der Waals surface area contributed by atoms with Gasteiger partial charge in [0, 0.05) is 30.6 Å². The van der Waals surface area contributed by atoms with E-state index in [-0.39, 0.29) is 24.0 Å². The molecule has 0 radical (unpaired) electrons. The van der Waals surface area contributed by atoms with Gasteiger partial charge in [-0.3, -0.25) is 9.78 Å². The van der Waals surface area contributed by atoms with E-state index in [1.54, 1.807) is 13.3 Å². The van der Waals surface area contributed by atoms with Gasteiger partial charge in [-0.25, -0.2) is 4.98 Å². The van der Waals surface area contributed by atoms with Gasteiger partial charge in [0.05, 0.1) is 29.8 Å². The normalized spacial score (nSPS) is 16.8. The Morgan fingerprint density at radius 1 is 1.16 bits per heavy atom. The number of nitrogens with zero attached hydrogens (tertiary/aromatic N) is 2. The standard InChI is InChI=1S/C25H29N3O4/c1-5-21(17-12-24(29)27-14-17)32-25-18-7-6-10-26-20(18)13-19(28-25)16-8-9-22(31-15(2)3)23(11-16)30-4/h6-11,13,15,17,21H,5,12,14H2,1-4H3,(H,27,29)/t17-,21-/m1/s1. The van der Waals surface area contributed by atoms with Crippen molar-refractivity contribution in [3.8, 4) is 28.6 Å². The Labute approximate surface area is 188 Å². The first-order valence-electron chi connectivity index (χ1n) is 11.0. The molecule has 7 heteroatoms. The second kappa shape index (κ2) is 9.42. The van der Waals surface area contributed by atoms with E-state index in [4.69, 9.17) is 19.2 Å². The Hall–Kier alpha value is -3.35. The van der Waals surface area contributed by atoms with Gasteiger partial charge in [0.1, 0.15) is 6.10 Å². The Morgan fingerprint density at radius 2 is 2.00 bits per heavy atom. The molecule has 1 amide bonds. The molecule has 1 fully saturated rings. The van der Waals surface area contributed by atoms with E-state index in [2.05, 4.69) is 17.2 Å². The molecule has 1 saturated heterocycles. The lowest BCUT2D eigenvalue weighted by atomic mass is 9.99. The smallest absolute Gasteiger partial charge is 0.223 e. The summed E-state index contributed by atoms with van der Waals surface area (Å²) in [6, 6.07) is 11.5. The van der Waals surface area contributed by atoms with Gasteiger partial charge in [0.25, 0.3) is 0 Å². The highest BCUT2D eigenvalue weighted by Gasteiger charge is 2.30. The highest BCUT2D eigenvalue weighted by molar-refractivity contribution is 5.87. The average molecular weight is 436 g/mol. The van der Waals surface area contributed by atoms with E-state index in [0.717, 1.165) is 28.6 Å². The van der Waals surface area contributed by atoms with Crippen molar-refractivity contribution in [3.63, 3.8) is 0 Å². The Balaban J connectivity index is 1.73. The minimum absolute atomic E-state index is 0.0423. The first kappa shape index (κ1) is 21.9. The van der Waals surface area contributed by atoms with E-state index in [1.807, 2.05) is 50.2 Å². The maximum atomic E-state index is 11.7. The lowest BCUT2D eigenvalue weighted by Gasteiger charge is -2.23. The number of rotatable bonds is 8. The zero-order valence-electron chi connectivity index (χ0n) is 18.9. The number of carbonyl (C=O) groups is 1. The van der Waals surface area contributed by atoms with Crippen molar-refractivity contribution >= 4 is 16.8 Å². The van der Waals surface area contributed by atoms with Crippen LogP contribution in [0.25, 0.3) is 22.2 Å². The van der Waals surface area contributed by atoms with E-state index in [1.165, 1.54) is 0 Å². The van der Waals surface area contributed by atoms with E-state index in [9.17, 15) is 4.79 Å². The van der Waals surface area contributed by atoms with Crippen LogP contribution in [0, 0.1) is 5.92 Å². The molecule has 2 atom stereocenters. The summed E-state index contributed by atoms with van der Waals surface area (Å²) in [5.74, 6) is 2.05. The van der Waals surface area contributed by atoms with Crippen LogP contribution in [0.15, 0.2) is 42.6 Å². The number of carbonyl (C=O) groups excluding carboxylic acids is 1. The monoisotopic (exact) mass is 435 g/mol. The van der Waals surface area contributed by atoms with Crippen LogP contribution in [-0.2, 0) is 4.79 Å². The summed E-state index contributed by atoms with van der Waals surface area (Å²) in [6.07, 6.45) is 2.94. The van der Waals surface area contributed by atoms with Crippen LogP contribution in [0.4, 0.5) is 0 Å². The van der Waals surface area contributed by atoms with Crippen molar-refractivity contribution in [2.45, 2.75) is 45.8 Å². The summed E-state index contributed by atoms with van der Waals surface area (Å²) in [4.78, 5) is 21.1. The second-order valence-electron chi connectivity index (χ2n) is 8.25. The molecule has 0 spiro atoms. The van der Waals surface area contributed by atoms with Gasteiger partial charge in [0.15, 0.2) is 11.5 Å². The topological polar surface area (TPSA) is 82.6 Å². The number of amides is 1. The van der Waals surface area contributed by atoms with E-state index in [0.29, 0.717) is 30.3 Å². The van der Waals surface area contributed by atoms with Gasteiger partial charge in [-0.1, -0.05) is 6.92 Å². The number of ether oxygens (including phenoxy) is 3. The minimum Gasteiger partial charge on any atom is -0.493 e. The van der Waals surface area contributed by atoms with Crippen LogP contribution < -0.4 is 19.5 Å². The molecule has 168 valence electrons. The molecule has 1 aliphatic heterocycles. The molecule has 1 N–H and O–H groups in total. The van der Waals surface area contributed by atoms with E-state index >= 15 is 0 Å². The summed E-state index contributed by atoms with van der Waals surface area (Å²) in [6.45, 7) is 6.65. The molecule has 4 rings (SSSR count). The quantitative estimate of drug-likeness (QED) is 0.565. The predicted octanol–water partition coefficient (Wildman–Crippen LogP) is 4.39. The third kappa shape index (κ3) is 4.61. The average Bonchev–Trinajstić information content (AvgIpc) is 3.23. The SMILES string of the molecule is CC[C@@H](Oc1nc(-c2ccc(OC(C)C)c(OC)c2)cc2ncccc12)[C@H]1CNC(=O)C1. The maximum Gasteiger partial charge on any atom is 0.223 e. The molecule has 2 aromatic heterocycles. The van der Waals surface area contributed by atoms with Crippen molar-refractivity contribution < 1.29 is 19.0 Å². The molecule has 32 heavy (non-hydrogen) atoms. The summed E-state index contributed by atoms with van der Waals surface area (Å²) in [5.41, 5.74) is 2.40. The van der Waals surface area contributed by atoms with Crippen LogP contribution in [0.2, 0.25) is 0 Å². The third-order valence-electron chi connectivity index (χ3n) is 5.59. The molecule has 0 saturated carbocycles. The van der Waals surface area contributed by atoms with Crippen molar-refractivity contribution in [2.24, 2.45) is 5.92 Å². The second-order valence-corrected chi connectivity index (χ2v) is 8.25. The number of fused-ring (bicyclic) bond motifs is 1. The van der Waals surface area contributed by atoms with Crippen LogP contribution in [0.1, 0.15) is 33.6 Å². The third-order valence-corrected chi connectivity index (χ3v) is 5.59. The lowest BCUT2D eigenvalue weighted by Crippen LogP contribution is -2.28. The van der Waals surface area contributed by atoms with Gasteiger partial charge in [-0.15, -0.1) is 0 Å². The highest BCUT2D eigenvalue weighted by atomic mass is 16.5. The Bertz CT molecular complexity index is 1120. The number of hydrogen-bond acceptors (Lipinski definition) is 6. The molecule has 0 unspecified atom stereocenters. The van der Waals surface area contributed by atoms with Gasteiger partial charge >= 0.3 is 0 Å². The van der Waals surface area contributed by atoms with Crippen molar-refractivity contribution in [2.75, 3.05) is 13.7 Å². The Kier molecular flexibility index (Phi) is 6.44. The molecule has 3 heterocycles. The van der Waals surface area contributed by atoms with Gasteiger partial charge in [-0.2, -0.15) is 0 Å². The minimum atomic E-state index is -0.114. The van der Waals surface area contributed by atoms with Crippen LogP contribution in [0.3, 0.4) is 0 Å². The van der Waals surface area contributed by atoms with E-state index < -0.39 is 0 Å². The molecule has 3 aromatic rings. The van der Waals surface area contributed by atoms with Crippen LogP contribution in [-0.4, -0.2) is 41.7 Å². The van der Waals surface area contributed by atoms with Crippen molar-refractivity contribution in [1.29, 1.82) is 0 Å². The zero-order valence-corrected chi connectivity index (χ0v) is 18.9. The van der Waals surface area contributed by atoms with Gasteiger partial charge in [0.2, 0.25) is 11.8 Å². The molecular formula is C25H29N3O4.